The molecular formula is C20H20O14. The van der Waals surface area contributed by atoms with Crippen LogP contribution in [-0.2, 0) is 19.4 Å². The van der Waals surface area contributed by atoms with E-state index in [9.17, 15) is 40.4 Å². The maximum Gasteiger partial charge on any atom is 0.374 e. The van der Waals surface area contributed by atoms with Gasteiger partial charge >= 0.3 is 11.8 Å². The molecular weight excluding hydrogens is 464 g/mol. The van der Waals surface area contributed by atoms with Gasteiger partial charge in [-0.05, 0) is 0 Å². The minimum atomic E-state index is -4.24. The molecule has 8 N–H and O–H groups in total. The Bertz CT molecular complexity index is 981. The number of rotatable bonds is 8. The molecule has 1 fully saturated rings. The van der Waals surface area contributed by atoms with E-state index in [-0.39, 0.29) is 11.1 Å². The SMILES string of the molecule is O=C(c1ccccc1)C(O)(C(=O)c1ccccc1)[C@H]1O[C@@](O)(OO)[C@](O)(OO)[C@@](O)(OO)[C@@H]1O. The van der Waals surface area contributed by atoms with Crippen LogP contribution in [-0.4, -0.2) is 88.2 Å². The number of carbonyl (C=O) groups is 2. The van der Waals surface area contributed by atoms with Crippen molar-refractivity contribution < 1.29 is 70.3 Å². The summed E-state index contributed by atoms with van der Waals surface area (Å²) in [5.74, 6) is -15.5. The number of ether oxygens (including phenoxy) is 1. The summed E-state index contributed by atoms with van der Waals surface area (Å²) in [4.78, 5) is 37.4. The number of carbonyl (C=O) groups excluding carboxylic acids is 2. The highest BCUT2D eigenvalue weighted by Crippen LogP contribution is 2.47. The molecule has 34 heavy (non-hydrogen) atoms. The summed E-state index contributed by atoms with van der Waals surface area (Å²) in [6.45, 7) is 0. The van der Waals surface area contributed by atoms with Gasteiger partial charge in [-0.15, -0.1) is 0 Å². The molecule has 184 valence electrons. The van der Waals surface area contributed by atoms with Crippen LogP contribution in [0.3, 0.4) is 0 Å². The van der Waals surface area contributed by atoms with Crippen molar-refractivity contribution in [3.05, 3.63) is 71.8 Å². The zero-order valence-corrected chi connectivity index (χ0v) is 17.0. The van der Waals surface area contributed by atoms with E-state index in [1.807, 2.05) is 0 Å². The van der Waals surface area contributed by atoms with Crippen LogP contribution in [0.5, 0.6) is 0 Å². The third kappa shape index (κ3) is 3.55. The van der Waals surface area contributed by atoms with Gasteiger partial charge in [0.2, 0.25) is 17.2 Å². The third-order valence-electron chi connectivity index (χ3n) is 5.46. The first-order valence-electron chi connectivity index (χ1n) is 9.39. The summed E-state index contributed by atoms with van der Waals surface area (Å²) in [6, 6.07) is 13.1. The molecule has 0 unspecified atom stereocenters. The van der Waals surface area contributed by atoms with E-state index in [1.165, 1.54) is 36.4 Å². The molecule has 14 nitrogen and oxygen atoms in total. The Kier molecular flexibility index (Phi) is 6.98. The van der Waals surface area contributed by atoms with Crippen LogP contribution in [0.1, 0.15) is 20.7 Å². The van der Waals surface area contributed by atoms with Gasteiger partial charge in [0.1, 0.15) is 12.2 Å². The zero-order valence-electron chi connectivity index (χ0n) is 17.0. The van der Waals surface area contributed by atoms with Crippen molar-refractivity contribution in [3.63, 3.8) is 0 Å². The van der Waals surface area contributed by atoms with Crippen LogP contribution in [0.25, 0.3) is 0 Å². The molecule has 1 aliphatic heterocycles. The van der Waals surface area contributed by atoms with E-state index in [2.05, 4.69) is 14.7 Å². The van der Waals surface area contributed by atoms with E-state index < -0.39 is 46.9 Å². The van der Waals surface area contributed by atoms with E-state index >= 15 is 0 Å². The fourth-order valence-electron chi connectivity index (χ4n) is 3.57. The standard InChI is InChI=1S/C20H20O14/c21-13(11-7-3-1-4-8-11)17(24,14(22)12-9-5-2-6-10-12)16-15(23)18(25,32-28)19(26,33-29)20(27,31-16)34-30/h1-10,15-16,23-30H/t15-,16+,18+,19-,20-/m1/s1. The Morgan fingerprint density at radius 3 is 1.59 bits per heavy atom. The highest BCUT2D eigenvalue weighted by Gasteiger charge is 2.81. The minimum absolute atomic E-state index is 0.328. The molecule has 0 spiro atoms. The molecule has 0 aliphatic carbocycles. The van der Waals surface area contributed by atoms with Gasteiger partial charge in [0, 0.05) is 11.1 Å². The van der Waals surface area contributed by atoms with Gasteiger partial charge in [-0.3, -0.25) is 9.59 Å². The van der Waals surface area contributed by atoms with Crippen LogP contribution in [0.15, 0.2) is 60.7 Å². The third-order valence-corrected chi connectivity index (χ3v) is 5.46. The van der Waals surface area contributed by atoms with Crippen LogP contribution < -0.4 is 0 Å². The van der Waals surface area contributed by atoms with Crippen molar-refractivity contribution in [1.29, 1.82) is 0 Å². The number of Topliss-reactive ketones (excluding diaryl/α,β-unsaturated/α-hetero) is 2. The van der Waals surface area contributed by atoms with Crippen molar-refractivity contribution in [1.82, 2.24) is 0 Å². The van der Waals surface area contributed by atoms with Crippen molar-refractivity contribution in [2.75, 3.05) is 0 Å². The normalized spacial score (nSPS) is 31.8. The van der Waals surface area contributed by atoms with Crippen molar-refractivity contribution in [3.8, 4) is 0 Å². The molecule has 0 aromatic heterocycles. The first-order valence-corrected chi connectivity index (χ1v) is 9.39. The molecule has 0 bridgehead atoms. The summed E-state index contributed by atoms with van der Waals surface area (Å²) >= 11 is 0. The van der Waals surface area contributed by atoms with Crippen molar-refractivity contribution in [2.24, 2.45) is 0 Å². The maximum atomic E-state index is 13.4. The van der Waals surface area contributed by atoms with Crippen LogP contribution in [0.2, 0.25) is 0 Å². The second kappa shape index (κ2) is 9.16. The molecule has 0 amide bonds. The zero-order chi connectivity index (χ0) is 25.4. The first kappa shape index (κ1) is 25.9. The lowest BCUT2D eigenvalue weighted by Gasteiger charge is -2.54. The van der Waals surface area contributed by atoms with Gasteiger partial charge in [0.25, 0.3) is 5.79 Å². The number of aliphatic hydroxyl groups excluding tert-OH is 1. The second-order valence-corrected chi connectivity index (χ2v) is 7.34. The quantitative estimate of drug-likeness (QED) is 0.0718. The van der Waals surface area contributed by atoms with Crippen molar-refractivity contribution in [2.45, 2.75) is 35.4 Å². The van der Waals surface area contributed by atoms with E-state index in [0.717, 1.165) is 24.3 Å². The topological polar surface area (TPSA) is 233 Å². The lowest BCUT2D eigenvalue weighted by molar-refractivity contribution is -0.668. The molecule has 2 aromatic carbocycles. The number of hydrogen-bond donors (Lipinski definition) is 8. The molecule has 5 atom stereocenters. The van der Waals surface area contributed by atoms with E-state index in [1.54, 1.807) is 0 Å². The second-order valence-electron chi connectivity index (χ2n) is 7.34. The predicted octanol–water partition coefficient (Wildman–Crippen LogP) is -1.26. The molecule has 3 rings (SSSR count). The van der Waals surface area contributed by atoms with E-state index in [0.29, 0.717) is 0 Å². The average molecular weight is 484 g/mol. The number of ketones is 2. The largest absolute Gasteiger partial charge is 0.384 e. The van der Waals surface area contributed by atoms with Gasteiger partial charge in [-0.25, -0.2) is 15.8 Å². The fraction of sp³-hybridized carbons (Fsp3) is 0.300. The molecule has 2 aromatic rings. The highest BCUT2D eigenvalue weighted by molar-refractivity contribution is 6.23. The predicted molar refractivity (Wildman–Crippen MR) is 103 cm³/mol. The van der Waals surface area contributed by atoms with Gasteiger partial charge in [0.15, 0.2) is 0 Å². The number of aliphatic hydroxyl groups is 5. The summed E-state index contributed by atoms with van der Waals surface area (Å²) in [6.07, 6.45) is -5.92. The van der Waals surface area contributed by atoms with Gasteiger partial charge < -0.3 is 30.3 Å². The summed E-state index contributed by atoms with van der Waals surface area (Å²) in [5, 5.41) is 80.8. The molecule has 1 saturated heterocycles. The lowest BCUT2D eigenvalue weighted by atomic mass is 9.74. The van der Waals surface area contributed by atoms with Crippen LogP contribution in [0.4, 0.5) is 0 Å². The van der Waals surface area contributed by atoms with Crippen LogP contribution >= 0.6 is 0 Å². The first-order chi connectivity index (χ1) is 16.0. The lowest BCUT2D eigenvalue weighted by Crippen LogP contribution is -2.84. The average Bonchev–Trinajstić information content (AvgIpc) is 2.89. The molecule has 1 aliphatic rings. The van der Waals surface area contributed by atoms with Crippen LogP contribution in [0, 0.1) is 0 Å². The Balaban J connectivity index is 2.27. The van der Waals surface area contributed by atoms with E-state index in [4.69, 9.17) is 15.3 Å². The van der Waals surface area contributed by atoms with Gasteiger partial charge in [0.05, 0.1) is 0 Å². The van der Waals surface area contributed by atoms with Gasteiger partial charge in [-0.1, -0.05) is 60.7 Å². The monoisotopic (exact) mass is 484 g/mol. The fourth-order valence-corrected chi connectivity index (χ4v) is 3.57. The molecule has 14 heteroatoms. The van der Waals surface area contributed by atoms with Gasteiger partial charge in [-0.2, -0.15) is 14.7 Å². The highest BCUT2D eigenvalue weighted by atomic mass is 17.2. The number of hydrogen-bond acceptors (Lipinski definition) is 14. The Morgan fingerprint density at radius 2 is 1.24 bits per heavy atom. The summed E-state index contributed by atoms with van der Waals surface area (Å²) in [7, 11) is 0. The Labute approximate surface area is 189 Å². The molecule has 1 heterocycles. The number of benzene rings is 2. The minimum Gasteiger partial charge on any atom is -0.384 e. The molecule has 0 radical (unpaired) electrons. The summed E-state index contributed by atoms with van der Waals surface area (Å²) in [5.41, 5.74) is -4.21. The smallest absolute Gasteiger partial charge is 0.374 e. The summed E-state index contributed by atoms with van der Waals surface area (Å²) < 4.78 is 4.75. The Morgan fingerprint density at radius 1 is 0.794 bits per heavy atom. The van der Waals surface area contributed by atoms with Crippen molar-refractivity contribution >= 4 is 11.6 Å². The Hall–Kier alpha value is -2.70. The maximum absolute atomic E-state index is 13.4. The molecule has 0 saturated carbocycles.